The Morgan fingerprint density at radius 1 is 1.32 bits per heavy atom. The molecule has 138 valence electrons. The van der Waals surface area contributed by atoms with Gasteiger partial charge in [0, 0.05) is 11.6 Å². The highest BCUT2D eigenvalue weighted by molar-refractivity contribution is 5.81. The molecule has 1 fully saturated rings. The summed E-state index contributed by atoms with van der Waals surface area (Å²) in [4.78, 5) is 17.1. The first kappa shape index (κ1) is 19.1. The highest BCUT2D eigenvalue weighted by Gasteiger charge is 2.22. The van der Waals surface area contributed by atoms with Gasteiger partial charge < -0.3 is 19.6 Å². The molecule has 0 saturated heterocycles. The van der Waals surface area contributed by atoms with Gasteiger partial charge in [0.1, 0.15) is 0 Å². The maximum absolute atomic E-state index is 11.9. The first-order valence-corrected chi connectivity index (χ1v) is 8.89. The molecule has 0 aliphatic heterocycles. The summed E-state index contributed by atoms with van der Waals surface area (Å²) in [5.74, 6) is 1.72. The van der Waals surface area contributed by atoms with Crippen molar-refractivity contribution in [2.75, 3.05) is 20.3 Å². The Balaban J connectivity index is 1.79. The van der Waals surface area contributed by atoms with Crippen molar-refractivity contribution in [3.8, 4) is 11.5 Å². The molecule has 1 aliphatic rings. The van der Waals surface area contributed by atoms with Gasteiger partial charge in [-0.05, 0) is 43.9 Å². The van der Waals surface area contributed by atoms with Crippen LogP contribution in [0.15, 0.2) is 23.4 Å². The number of hydrogen-bond donors (Lipinski definition) is 1. The minimum Gasteiger partial charge on any atom is -0.493 e. The Morgan fingerprint density at radius 2 is 2.12 bits per heavy atom. The van der Waals surface area contributed by atoms with E-state index >= 15 is 0 Å². The molecule has 2 atom stereocenters. The molecule has 25 heavy (non-hydrogen) atoms. The first-order valence-electron chi connectivity index (χ1n) is 8.89. The molecule has 0 spiro atoms. The average Bonchev–Trinajstić information content (AvgIpc) is 2.62. The summed E-state index contributed by atoms with van der Waals surface area (Å²) in [6.45, 7) is 4.60. The van der Waals surface area contributed by atoms with Gasteiger partial charge in [-0.3, -0.25) is 4.79 Å². The molecule has 1 saturated carbocycles. The van der Waals surface area contributed by atoms with E-state index in [1.165, 1.54) is 19.3 Å². The Kier molecular flexibility index (Phi) is 7.57. The van der Waals surface area contributed by atoms with E-state index in [4.69, 9.17) is 14.3 Å². The zero-order valence-corrected chi connectivity index (χ0v) is 15.3. The lowest BCUT2D eigenvalue weighted by molar-refractivity contribution is -0.126. The molecular formula is C19H28N2O4. The summed E-state index contributed by atoms with van der Waals surface area (Å²) < 4.78 is 10.8. The number of methoxy groups -OCH3 is 1. The quantitative estimate of drug-likeness (QED) is 0.579. The maximum Gasteiger partial charge on any atom is 0.261 e. The Morgan fingerprint density at radius 3 is 2.84 bits per heavy atom. The van der Waals surface area contributed by atoms with Gasteiger partial charge in [0.2, 0.25) is 0 Å². The Labute approximate surface area is 149 Å². The number of carbonyl (C=O) groups is 1. The monoisotopic (exact) mass is 348 g/mol. The molecular weight excluding hydrogens is 320 g/mol. The lowest BCUT2D eigenvalue weighted by Gasteiger charge is -2.29. The van der Waals surface area contributed by atoms with E-state index in [9.17, 15) is 4.79 Å². The molecule has 1 aromatic carbocycles. The maximum atomic E-state index is 11.9. The van der Waals surface area contributed by atoms with Crippen LogP contribution in [0.25, 0.3) is 0 Å². The second-order valence-corrected chi connectivity index (χ2v) is 6.29. The minimum atomic E-state index is -0.125. The zero-order chi connectivity index (χ0) is 18.1. The minimum absolute atomic E-state index is 0.0755. The van der Waals surface area contributed by atoms with E-state index in [-0.39, 0.29) is 18.6 Å². The number of rotatable bonds is 8. The largest absolute Gasteiger partial charge is 0.493 e. The number of benzene rings is 1. The predicted octanol–water partition coefficient (Wildman–Crippen LogP) is 3.14. The molecule has 6 nitrogen and oxygen atoms in total. The fourth-order valence-electron chi connectivity index (χ4n) is 3.01. The average molecular weight is 348 g/mol. The summed E-state index contributed by atoms with van der Waals surface area (Å²) in [5.41, 5.74) is 0.807. The van der Waals surface area contributed by atoms with Gasteiger partial charge in [-0.15, -0.1) is 0 Å². The van der Waals surface area contributed by atoms with Crippen LogP contribution in [0.5, 0.6) is 11.5 Å². The van der Waals surface area contributed by atoms with Crippen molar-refractivity contribution in [3.63, 3.8) is 0 Å². The van der Waals surface area contributed by atoms with Crippen LogP contribution < -0.4 is 14.8 Å². The predicted molar refractivity (Wildman–Crippen MR) is 97.3 cm³/mol. The standard InChI is InChI=1S/C19H28N2O4/c1-4-24-17-10-9-15(11-18(17)23-3)12-20-25-13-19(22)21-16-8-6-5-7-14(16)2/h9-12,14,16H,4-8,13H2,1-3H3,(H,21,22)/b20-12-/t14-,16-/m0/s1. The second kappa shape index (κ2) is 9.91. The number of oxime groups is 1. The summed E-state index contributed by atoms with van der Waals surface area (Å²) in [6, 6.07) is 5.73. The highest BCUT2D eigenvalue weighted by atomic mass is 16.6. The van der Waals surface area contributed by atoms with Crippen LogP contribution in [0.3, 0.4) is 0 Å². The van der Waals surface area contributed by atoms with Crippen molar-refractivity contribution in [3.05, 3.63) is 23.8 Å². The fourth-order valence-corrected chi connectivity index (χ4v) is 3.01. The molecule has 1 aromatic rings. The summed E-state index contributed by atoms with van der Waals surface area (Å²) >= 11 is 0. The van der Waals surface area contributed by atoms with Crippen molar-refractivity contribution < 1.29 is 19.1 Å². The van der Waals surface area contributed by atoms with Crippen LogP contribution in [0.2, 0.25) is 0 Å². The van der Waals surface area contributed by atoms with Crippen molar-refractivity contribution in [2.45, 2.75) is 45.6 Å². The van der Waals surface area contributed by atoms with Gasteiger partial charge in [-0.2, -0.15) is 0 Å². The van der Waals surface area contributed by atoms with Crippen molar-refractivity contribution in [1.29, 1.82) is 0 Å². The number of ether oxygens (including phenoxy) is 2. The third-order valence-electron chi connectivity index (χ3n) is 4.42. The van der Waals surface area contributed by atoms with Crippen LogP contribution in [0, 0.1) is 5.92 Å². The van der Waals surface area contributed by atoms with Crippen molar-refractivity contribution >= 4 is 12.1 Å². The summed E-state index contributed by atoms with van der Waals surface area (Å²) in [7, 11) is 1.59. The van der Waals surface area contributed by atoms with Crippen LogP contribution in [-0.2, 0) is 9.63 Å². The Bertz CT molecular complexity index is 589. The van der Waals surface area contributed by atoms with Gasteiger partial charge in [0.25, 0.3) is 5.91 Å². The molecule has 0 heterocycles. The SMILES string of the molecule is CCOc1ccc(/C=N\OCC(=O)N[C@H]2CCCC[C@@H]2C)cc1OC. The van der Waals surface area contributed by atoms with Gasteiger partial charge in [0.05, 0.1) is 19.9 Å². The van der Waals surface area contributed by atoms with Gasteiger partial charge in [-0.25, -0.2) is 0 Å². The third kappa shape index (κ3) is 5.96. The van der Waals surface area contributed by atoms with E-state index in [1.54, 1.807) is 13.3 Å². The number of amides is 1. The van der Waals surface area contributed by atoms with E-state index < -0.39 is 0 Å². The first-order chi connectivity index (χ1) is 12.1. The number of carbonyl (C=O) groups excluding carboxylic acids is 1. The van der Waals surface area contributed by atoms with E-state index in [2.05, 4.69) is 17.4 Å². The smallest absolute Gasteiger partial charge is 0.261 e. The topological polar surface area (TPSA) is 69.2 Å². The Hall–Kier alpha value is -2.24. The summed E-state index contributed by atoms with van der Waals surface area (Å²) in [6.07, 6.45) is 6.19. The molecule has 0 radical (unpaired) electrons. The van der Waals surface area contributed by atoms with Crippen molar-refractivity contribution in [1.82, 2.24) is 5.32 Å². The lowest BCUT2D eigenvalue weighted by Crippen LogP contribution is -2.42. The molecule has 6 heteroatoms. The number of nitrogens with zero attached hydrogens (tertiary/aromatic N) is 1. The van der Waals surface area contributed by atoms with Crippen molar-refractivity contribution in [2.24, 2.45) is 11.1 Å². The molecule has 2 rings (SSSR count). The molecule has 1 N–H and O–H groups in total. The molecule has 0 aromatic heterocycles. The van der Waals surface area contributed by atoms with Crippen LogP contribution >= 0.6 is 0 Å². The summed E-state index contributed by atoms with van der Waals surface area (Å²) in [5, 5.41) is 6.90. The third-order valence-corrected chi connectivity index (χ3v) is 4.42. The second-order valence-electron chi connectivity index (χ2n) is 6.29. The lowest BCUT2D eigenvalue weighted by atomic mass is 9.86. The normalized spacial score (nSPS) is 20.3. The van der Waals surface area contributed by atoms with Crippen LogP contribution in [0.1, 0.15) is 45.1 Å². The van der Waals surface area contributed by atoms with E-state index in [0.717, 1.165) is 12.0 Å². The van der Waals surface area contributed by atoms with E-state index in [0.29, 0.717) is 24.0 Å². The number of nitrogens with one attached hydrogen (secondary N) is 1. The van der Waals surface area contributed by atoms with Gasteiger partial charge in [-0.1, -0.05) is 24.9 Å². The van der Waals surface area contributed by atoms with E-state index in [1.807, 2.05) is 25.1 Å². The van der Waals surface area contributed by atoms with Gasteiger partial charge >= 0.3 is 0 Å². The molecule has 1 aliphatic carbocycles. The molecule has 1 amide bonds. The van der Waals surface area contributed by atoms with Gasteiger partial charge in [0.15, 0.2) is 18.1 Å². The zero-order valence-electron chi connectivity index (χ0n) is 15.3. The molecule has 0 bridgehead atoms. The number of hydrogen-bond acceptors (Lipinski definition) is 5. The van der Waals surface area contributed by atoms with Crippen LogP contribution in [-0.4, -0.2) is 38.5 Å². The molecule has 0 unspecified atom stereocenters. The van der Waals surface area contributed by atoms with Crippen LogP contribution in [0.4, 0.5) is 0 Å². The fraction of sp³-hybridized carbons (Fsp3) is 0.579. The highest BCUT2D eigenvalue weighted by Crippen LogP contribution is 2.27.